The molecule has 0 atom stereocenters. The van der Waals surface area contributed by atoms with Gasteiger partial charge in [-0.2, -0.15) is 5.26 Å². The number of hydrogen-bond acceptors (Lipinski definition) is 3. The van der Waals surface area contributed by atoms with E-state index in [1.165, 1.54) is 4.90 Å². The summed E-state index contributed by atoms with van der Waals surface area (Å²) < 4.78 is 0. The molecule has 0 aliphatic heterocycles. The van der Waals surface area contributed by atoms with E-state index in [4.69, 9.17) is 16.1 Å². The second-order valence-corrected chi connectivity index (χ2v) is 3.91. The lowest BCUT2D eigenvalue weighted by Crippen LogP contribution is -2.32. The van der Waals surface area contributed by atoms with Gasteiger partial charge in [0, 0.05) is 6.54 Å². The van der Waals surface area contributed by atoms with Gasteiger partial charge in [0.25, 0.3) is 0 Å². The first-order valence-electron chi connectivity index (χ1n) is 6.06. The van der Waals surface area contributed by atoms with Crippen LogP contribution < -0.4 is 5.73 Å². The number of benzene rings is 1. The van der Waals surface area contributed by atoms with Gasteiger partial charge < -0.3 is 10.8 Å². The van der Waals surface area contributed by atoms with E-state index in [2.05, 4.69) is 4.99 Å². The lowest BCUT2D eigenvalue weighted by Gasteiger charge is -2.10. The van der Waals surface area contributed by atoms with Crippen LogP contribution in [0.4, 0.5) is 5.69 Å². The van der Waals surface area contributed by atoms with E-state index in [0.717, 1.165) is 5.56 Å². The van der Waals surface area contributed by atoms with E-state index >= 15 is 0 Å². The monoisotopic (exact) mass is 272 g/mol. The molecule has 0 fully saturated rings. The SMILES string of the molecule is CCN(C#N)C(N)=Nc1ccc(/C=C/CC(=O)O)cc1. The molecule has 20 heavy (non-hydrogen) atoms. The summed E-state index contributed by atoms with van der Waals surface area (Å²) >= 11 is 0. The summed E-state index contributed by atoms with van der Waals surface area (Å²) in [6.07, 6.45) is 5.21. The molecule has 3 N–H and O–H groups in total. The van der Waals surface area contributed by atoms with Crippen molar-refractivity contribution in [1.29, 1.82) is 5.26 Å². The molecule has 0 unspecified atom stereocenters. The Morgan fingerprint density at radius 1 is 1.50 bits per heavy atom. The number of aliphatic imine (C=N–C) groups is 1. The minimum absolute atomic E-state index is 0.0134. The van der Waals surface area contributed by atoms with Crippen molar-refractivity contribution in [2.75, 3.05) is 6.54 Å². The van der Waals surface area contributed by atoms with Gasteiger partial charge in [0.05, 0.1) is 12.1 Å². The summed E-state index contributed by atoms with van der Waals surface area (Å²) in [6.45, 7) is 2.27. The quantitative estimate of drug-likeness (QED) is 0.369. The fourth-order valence-corrected chi connectivity index (χ4v) is 1.43. The molecule has 104 valence electrons. The molecule has 0 amide bonds. The molecule has 0 bridgehead atoms. The third kappa shape index (κ3) is 4.82. The molecule has 6 nitrogen and oxygen atoms in total. The molecular formula is C14H16N4O2. The highest BCUT2D eigenvalue weighted by molar-refractivity contribution is 5.82. The van der Waals surface area contributed by atoms with Gasteiger partial charge in [-0.25, -0.2) is 9.89 Å². The van der Waals surface area contributed by atoms with E-state index in [1.807, 2.05) is 13.1 Å². The van der Waals surface area contributed by atoms with E-state index in [0.29, 0.717) is 12.2 Å². The first-order chi connectivity index (χ1) is 9.56. The number of nitrogens with zero attached hydrogens (tertiary/aromatic N) is 3. The third-order valence-corrected chi connectivity index (χ3v) is 2.45. The average molecular weight is 272 g/mol. The largest absolute Gasteiger partial charge is 0.481 e. The van der Waals surface area contributed by atoms with E-state index in [-0.39, 0.29) is 12.4 Å². The molecule has 1 aromatic carbocycles. The molecule has 1 rings (SSSR count). The topological polar surface area (TPSA) is 103 Å². The zero-order chi connectivity index (χ0) is 15.0. The maximum Gasteiger partial charge on any atom is 0.307 e. The number of carboxylic acid groups (broad SMARTS) is 1. The Bertz CT molecular complexity index is 556. The predicted octanol–water partition coefficient (Wildman–Crippen LogP) is 1.92. The van der Waals surface area contributed by atoms with Crippen LogP contribution >= 0.6 is 0 Å². The van der Waals surface area contributed by atoms with Gasteiger partial charge in [-0.05, 0) is 24.6 Å². The molecule has 0 saturated carbocycles. The van der Waals surface area contributed by atoms with Crippen molar-refractivity contribution in [3.8, 4) is 6.19 Å². The van der Waals surface area contributed by atoms with Gasteiger partial charge in [-0.3, -0.25) is 4.79 Å². The fourth-order valence-electron chi connectivity index (χ4n) is 1.43. The van der Waals surface area contributed by atoms with Crippen LogP contribution in [-0.2, 0) is 4.79 Å². The number of carboxylic acids is 1. The zero-order valence-corrected chi connectivity index (χ0v) is 11.2. The normalized spacial score (nSPS) is 11.3. The van der Waals surface area contributed by atoms with Crippen LogP contribution in [0, 0.1) is 11.5 Å². The third-order valence-electron chi connectivity index (χ3n) is 2.45. The Hall–Kier alpha value is -2.81. The van der Waals surface area contributed by atoms with Crippen molar-refractivity contribution >= 4 is 23.7 Å². The first-order valence-corrected chi connectivity index (χ1v) is 6.06. The van der Waals surface area contributed by atoms with E-state index in [1.54, 1.807) is 36.4 Å². The molecule has 6 heteroatoms. The van der Waals surface area contributed by atoms with E-state index in [9.17, 15) is 4.79 Å². The highest BCUT2D eigenvalue weighted by Crippen LogP contribution is 2.14. The van der Waals surface area contributed by atoms with Crippen molar-refractivity contribution in [2.24, 2.45) is 10.7 Å². The van der Waals surface area contributed by atoms with Gasteiger partial charge in [0.1, 0.15) is 0 Å². The number of nitriles is 1. The number of guanidine groups is 1. The van der Waals surface area contributed by atoms with Crippen molar-refractivity contribution in [1.82, 2.24) is 4.90 Å². The van der Waals surface area contributed by atoms with Crippen molar-refractivity contribution < 1.29 is 9.90 Å². The van der Waals surface area contributed by atoms with Crippen LogP contribution in [0.2, 0.25) is 0 Å². The molecule has 0 aliphatic rings. The molecular weight excluding hydrogens is 256 g/mol. The van der Waals surface area contributed by atoms with Crippen molar-refractivity contribution in [3.63, 3.8) is 0 Å². The summed E-state index contributed by atoms with van der Waals surface area (Å²) in [7, 11) is 0. The maximum atomic E-state index is 10.4. The number of aliphatic carboxylic acids is 1. The number of hydrogen-bond donors (Lipinski definition) is 2. The van der Waals surface area contributed by atoms with Crippen LogP contribution in [0.15, 0.2) is 35.3 Å². The molecule has 0 aliphatic carbocycles. The average Bonchev–Trinajstić information content (AvgIpc) is 2.42. The highest BCUT2D eigenvalue weighted by atomic mass is 16.4. The summed E-state index contributed by atoms with van der Waals surface area (Å²) in [5.74, 6) is -0.726. The lowest BCUT2D eigenvalue weighted by molar-refractivity contribution is -0.135. The highest BCUT2D eigenvalue weighted by Gasteiger charge is 2.03. The van der Waals surface area contributed by atoms with Crippen LogP contribution in [0.3, 0.4) is 0 Å². The zero-order valence-electron chi connectivity index (χ0n) is 11.2. The Morgan fingerprint density at radius 2 is 2.15 bits per heavy atom. The van der Waals surface area contributed by atoms with Crippen molar-refractivity contribution in [2.45, 2.75) is 13.3 Å². The van der Waals surface area contributed by atoms with Gasteiger partial charge in [-0.1, -0.05) is 24.3 Å². The summed E-state index contributed by atoms with van der Waals surface area (Å²) in [4.78, 5) is 15.8. The summed E-state index contributed by atoms with van der Waals surface area (Å²) in [5.41, 5.74) is 7.20. The smallest absolute Gasteiger partial charge is 0.307 e. The second-order valence-electron chi connectivity index (χ2n) is 3.91. The number of nitrogens with two attached hydrogens (primary N) is 1. The van der Waals surface area contributed by atoms with Crippen molar-refractivity contribution in [3.05, 3.63) is 35.9 Å². The van der Waals surface area contributed by atoms with Crippen LogP contribution in [0.5, 0.6) is 0 Å². The minimum atomic E-state index is -0.869. The Labute approximate surface area is 117 Å². The van der Waals surface area contributed by atoms with Gasteiger partial charge in [-0.15, -0.1) is 0 Å². The lowest BCUT2D eigenvalue weighted by atomic mass is 10.2. The molecule has 0 radical (unpaired) electrons. The van der Waals surface area contributed by atoms with Gasteiger partial charge >= 0.3 is 5.97 Å². The molecule has 0 saturated heterocycles. The standard InChI is InChI=1S/C14H16N4O2/c1-2-18(10-15)14(16)17-12-8-6-11(7-9-12)4-3-5-13(19)20/h3-4,6-9H,2,5H2,1H3,(H2,16,17)(H,19,20)/b4-3+. The van der Waals surface area contributed by atoms with Crippen LogP contribution in [0.25, 0.3) is 6.08 Å². The van der Waals surface area contributed by atoms with Gasteiger partial charge in [0.15, 0.2) is 6.19 Å². The maximum absolute atomic E-state index is 10.4. The Morgan fingerprint density at radius 3 is 2.65 bits per heavy atom. The Balaban J connectivity index is 2.77. The summed E-state index contributed by atoms with van der Waals surface area (Å²) in [5, 5.41) is 17.3. The molecule has 0 aromatic heterocycles. The van der Waals surface area contributed by atoms with Gasteiger partial charge in [0.2, 0.25) is 5.96 Å². The fraction of sp³-hybridized carbons (Fsp3) is 0.214. The molecule has 0 spiro atoms. The molecule has 0 heterocycles. The van der Waals surface area contributed by atoms with Crippen LogP contribution in [0.1, 0.15) is 18.9 Å². The second kappa shape index (κ2) is 7.59. The van der Waals surface area contributed by atoms with E-state index < -0.39 is 5.97 Å². The van der Waals surface area contributed by atoms with Crippen LogP contribution in [-0.4, -0.2) is 28.5 Å². The Kier molecular flexibility index (Phi) is 5.78. The number of rotatable bonds is 5. The predicted molar refractivity (Wildman–Crippen MR) is 77.0 cm³/mol. The minimum Gasteiger partial charge on any atom is -0.481 e. The first kappa shape index (κ1) is 15.2. The number of carbonyl (C=O) groups is 1. The molecule has 1 aromatic rings. The summed E-state index contributed by atoms with van der Waals surface area (Å²) in [6, 6.07) is 7.09.